The topological polar surface area (TPSA) is 32.3 Å². The van der Waals surface area contributed by atoms with Gasteiger partial charge >= 0.3 is 0 Å². The molecule has 0 atom stereocenters. The van der Waals surface area contributed by atoms with Crippen molar-refractivity contribution in [3.05, 3.63) is 53.4 Å². The first-order valence-corrected chi connectivity index (χ1v) is 8.17. The monoisotopic (exact) mass is 316 g/mol. The van der Waals surface area contributed by atoms with Crippen LogP contribution in [0.3, 0.4) is 0 Å². The molecule has 5 heteroatoms. The maximum Gasteiger partial charge on any atom is 0.128 e. The molecule has 1 aliphatic rings. The largest absolute Gasteiger partial charge is 0.354 e. The molecule has 0 amide bonds. The van der Waals surface area contributed by atoms with Gasteiger partial charge in [0.05, 0.1) is 5.02 Å². The molecule has 2 aromatic heterocycles. The van der Waals surface area contributed by atoms with Crippen molar-refractivity contribution < 1.29 is 0 Å². The van der Waals surface area contributed by atoms with Crippen molar-refractivity contribution in [2.75, 3.05) is 37.6 Å². The summed E-state index contributed by atoms with van der Waals surface area (Å²) >= 11 is 5.89. The van der Waals surface area contributed by atoms with Crippen LogP contribution in [0.1, 0.15) is 12.0 Å². The van der Waals surface area contributed by atoms with Gasteiger partial charge in [-0.2, -0.15) is 0 Å². The molecule has 0 unspecified atom stereocenters. The quantitative estimate of drug-likeness (QED) is 0.849. The summed E-state index contributed by atoms with van der Waals surface area (Å²) in [7, 11) is 0. The average Bonchev–Trinajstić information content (AvgIpc) is 2.57. The SMILES string of the molecule is Clc1ccc(N2CCN(CCCc3cccnc3)CC2)nc1. The molecule has 0 saturated carbocycles. The van der Waals surface area contributed by atoms with E-state index >= 15 is 0 Å². The molecule has 0 aromatic carbocycles. The van der Waals surface area contributed by atoms with Gasteiger partial charge in [-0.15, -0.1) is 0 Å². The van der Waals surface area contributed by atoms with E-state index < -0.39 is 0 Å². The van der Waals surface area contributed by atoms with Crippen molar-refractivity contribution in [3.8, 4) is 0 Å². The summed E-state index contributed by atoms with van der Waals surface area (Å²) in [6, 6.07) is 8.06. The van der Waals surface area contributed by atoms with Gasteiger partial charge in [0.2, 0.25) is 0 Å². The van der Waals surface area contributed by atoms with Crippen LogP contribution in [0.15, 0.2) is 42.9 Å². The minimum absolute atomic E-state index is 0.692. The van der Waals surface area contributed by atoms with Crippen molar-refractivity contribution in [1.29, 1.82) is 0 Å². The van der Waals surface area contributed by atoms with E-state index in [9.17, 15) is 0 Å². The lowest BCUT2D eigenvalue weighted by Crippen LogP contribution is -2.47. The number of halogens is 1. The smallest absolute Gasteiger partial charge is 0.128 e. The number of nitrogens with zero attached hydrogens (tertiary/aromatic N) is 4. The van der Waals surface area contributed by atoms with E-state index in [-0.39, 0.29) is 0 Å². The van der Waals surface area contributed by atoms with Crippen molar-refractivity contribution in [2.24, 2.45) is 0 Å². The van der Waals surface area contributed by atoms with Crippen LogP contribution in [0.5, 0.6) is 0 Å². The van der Waals surface area contributed by atoms with Crippen molar-refractivity contribution in [3.63, 3.8) is 0 Å². The van der Waals surface area contributed by atoms with Crippen LogP contribution in [0.25, 0.3) is 0 Å². The molecule has 0 radical (unpaired) electrons. The molecule has 0 spiro atoms. The fraction of sp³-hybridized carbons (Fsp3) is 0.412. The van der Waals surface area contributed by atoms with Crippen LogP contribution < -0.4 is 4.90 Å². The lowest BCUT2D eigenvalue weighted by Gasteiger charge is -2.35. The Labute approximate surface area is 136 Å². The van der Waals surface area contributed by atoms with Crippen LogP contribution in [-0.4, -0.2) is 47.6 Å². The van der Waals surface area contributed by atoms with Gasteiger partial charge in [-0.25, -0.2) is 4.98 Å². The number of anilines is 1. The Morgan fingerprint density at radius 2 is 1.91 bits per heavy atom. The maximum absolute atomic E-state index is 5.89. The second kappa shape index (κ2) is 7.56. The number of pyridine rings is 2. The maximum atomic E-state index is 5.89. The fourth-order valence-electron chi connectivity index (χ4n) is 2.81. The lowest BCUT2D eigenvalue weighted by atomic mass is 10.1. The van der Waals surface area contributed by atoms with Crippen LogP contribution in [-0.2, 0) is 6.42 Å². The standard InChI is InChI=1S/C17H21ClN4/c18-16-5-6-17(20-14-16)22-11-9-21(10-12-22)8-2-4-15-3-1-7-19-13-15/h1,3,5-7,13-14H,2,4,8-12H2. The van der Waals surface area contributed by atoms with Gasteiger partial charge in [-0.1, -0.05) is 17.7 Å². The molecule has 0 N–H and O–H groups in total. The van der Waals surface area contributed by atoms with Crippen LogP contribution in [0, 0.1) is 0 Å². The third-order valence-electron chi connectivity index (χ3n) is 4.07. The molecule has 1 saturated heterocycles. The molecule has 3 rings (SSSR count). The third-order valence-corrected chi connectivity index (χ3v) is 4.29. The minimum atomic E-state index is 0.692. The highest BCUT2D eigenvalue weighted by atomic mass is 35.5. The zero-order valence-electron chi connectivity index (χ0n) is 12.7. The Hall–Kier alpha value is -1.65. The van der Waals surface area contributed by atoms with E-state index in [0.717, 1.165) is 45.0 Å². The molecule has 1 aliphatic heterocycles. The highest BCUT2D eigenvalue weighted by Crippen LogP contribution is 2.16. The van der Waals surface area contributed by atoms with E-state index in [0.29, 0.717) is 5.02 Å². The molecule has 3 heterocycles. The van der Waals surface area contributed by atoms with Crippen molar-refractivity contribution >= 4 is 17.4 Å². The number of aryl methyl sites for hydroxylation is 1. The average molecular weight is 317 g/mol. The predicted octanol–water partition coefficient (Wildman–Crippen LogP) is 2.88. The zero-order valence-corrected chi connectivity index (χ0v) is 13.4. The summed E-state index contributed by atoms with van der Waals surface area (Å²) in [4.78, 5) is 13.4. The number of rotatable bonds is 5. The van der Waals surface area contributed by atoms with E-state index in [2.05, 4.69) is 25.8 Å². The normalized spacial score (nSPS) is 16.0. The second-order valence-electron chi connectivity index (χ2n) is 5.63. The van der Waals surface area contributed by atoms with Crippen LogP contribution in [0.4, 0.5) is 5.82 Å². The number of aromatic nitrogens is 2. The summed E-state index contributed by atoms with van der Waals surface area (Å²) < 4.78 is 0. The number of piperazine rings is 1. The second-order valence-corrected chi connectivity index (χ2v) is 6.06. The van der Waals surface area contributed by atoms with Gasteiger partial charge in [0, 0.05) is 44.8 Å². The van der Waals surface area contributed by atoms with Gasteiger partial charge in [-0.05, 0) is 43.1 Å². The molecule has 0 bridgehead atoms. The van der Waals surface area contributed by atoms with Gasteiger partial charge in [-0.3, -0.25) is 9.88 Å². The number of hydrogen-bond donors (Lipinski definition) is 0. The first kappa shape index (κ1) is 15.3. The Morgan fingerprint density at radius 1 is 1.05 bits per heavy atom. The third kappa shape index (κ3) is 4.18. The molecular formula is C17H21ClN4. The van der Waals surface area contributed by atoms with E-state index in [1.807, 2.05) is 30.6 Å². The Bertz CT molecular complexity index is 565. The van der Waals surface area contributed by atoms with E-state index in [4.69, 9.17) is 11.6 Å². The summed E-state index contributed by atoms with van der Waals surface area (Å²) in [5.41, 5.74) is 1.33. The Kier molecular flexibility index (Phi) is 5.24. The first-order valence-electron chi connectivity index (χ1n) is 7.79. The lowest BCUT2D eigenvalue weighted by molar-refractivity contribution is 0.254. The molecule has 0 aliphatic carbocycles. The predicted molar refractivity (Wildman–Crippen MR) is 90.5 cm³/mol. The van der Waals surface area contributed by atoms with Gasteiger partial charge in [0.15, 0.2) is 0 Å². The Morgan fingerprint density at radius 3 is 2.59 bits per heavy atom. The molecule has 1 fully saturated rings. The summed E-state index contributed by atoms with van der Waals surface area (Å²) in [6.07, 6.45) is 7.80. The zero-order chi connectivity index (χ0) is 15.2. The molecule has 22 heavy (non-hydrogen) atoms. The minimum Gasteiger partial charge on any atom is -0.354 e. The van der Waals surface area contributed by atoms with Gasteiger partial charge in [0.25, 0.3) is 0 Å². The van der Waals surface area contributed by atoms with Crippen LogP contribution in [0.2, 0.25) is 5.02 Å². The van der Waals surface area contributed by atoms with Gasteiger partial charge < -0.3 is 4.90 Å². The molecule has 4 nitrogen and oxygen atoms in total. The summed E-state index contributed by atoms with van der Waals surface area (Å²) in [6.45, 7) is 5.40. The van der Waals surface area contributed by atoms with E-state index in [1.54, 1.807) is 6.20 Å². The molecule has 116 valence electrons. The fourth-order valence-corrected chi connectivity index (χ4v) is 2.92. The molecular weight excluding hydrogens is 296 g/mol. The van der Waals surface area contributed by atoms with Crippen LogP contribution >= 0.6 is 11.6 Å². The van der Waals surface area contributed by atoms with Gasteiger partial charge in [0.1, 0.15) is 5.82 Å². The first-order chi connectivity index (χ1) is 10.8. The summed E-state index contributed by atoms with van der Waals surface area (Å²) in [5, 5.41) is 0.692. The van der Waals surface area contributed by atoms with Crippen molar-refractivity contribution in [2.45, 2.75) is 12.8 Å². The van der Waals surface area contributed by atoms with Crippen molar-refractivity contribution in [1.82, 2.24) is 14.9 Å². The number of hydrogen-bond acceptors (Lipinski definition) is 4. The molecule has 2 aromatic rings. The summed E-state index contributed by atoms with van der Waals surface area (Å²) in [5.74, 6) is 1.03. The Balaban J connectivity index is 1.41. The highest BCUT2D eigenvalue weighted by Gasteiger charge is 2.17. The van der Waals surface area contributed by atoms with E-state index in [1.165, 1.54) is 12.0 Å². The highest BCUT2D eigenvalue weighted by molar-refractivity contribution is 6.30.